The number of benzene rings is 1. The summed E-state index contributed by atoms with van der Waals surface area (Å²) in [5.41, 5.74) is 1.86. The van der Waals surface area contributed by atoms with E-state index in [0.717, 1.165) is 23.3 Å². The second kappa shape index (κ2) is 2.87. The van der Waals surface area contributed by atoms with Crippen LogP contribution < -0.4 is 4.74 Å². The van der Waals surface area contributed by atoms with E-state index < -0.39 is 0 Å². The Morgan fingerprint density at radius 3 is 2.92 bits per heavy atom. The third-order valence-electron chi connectivity index (χ3n) is 2.41. The van der Waals surface area contributed by atoms with Crippen LogP contribution in [0.1, 0.15) is 29.8 Å². The largest absolute Gasteiger partial charge is 0.482 e. The molecule has 1 unspecified atom stereocenters. The first kappa shape index (κ1) is 8.30. The number of fused-ring (bicyclic) bond motifs is 1. The second-order valence-corrected chi connectivity index (χ2v) is 3.27. The van der Waals surface area contributed by atoms with Crippen LogP contribution in [0.15, 0.2) is 18.2 Å². The predicted molar refractivity (Wildman–Crippen MR) is 50.2 cm³/mol. The Balaban J connectivity index is 2.55. The highest BCUT2D eigenvalue weighted by molar-refractivity contribution is 6.04. The molecule has 0 aliphatic carbocycles. The number of para-hydroxylation sites is 1. The van der Waals surface area contributed by atoms with Crippen molar-refractivity contribution >= 4 is 5.78 Å². The van der Waals surface area contributed by atoms with E-state index in [1.165, 1.54) is 0 Å². The molecule has 1 aliphatic rings. The lowest BCUT2D eigenvalue weighted by Crippen LogP contribution is -2.14. The number of ether oxygens (including phenoxy) is 1. The molecule has 2 heteroatoms. The van der Waals surface area contributed by atoms with Gasteiger partial charge in [-0.15, -0.1) is 0 Å². The van der Waals surface area contributed by atoms with E-state index in [9.17, 15) is 4.79 Å². The summed E-state index contributed by atoms with van der Waals surface area (Å²) < 4.78 is 5.49. The van der Waals surface area contributed by atoms with Crippen molar-refractivity contribution in [3.05, 3.63) is 29.3 Å². The molecule has 0 saturated carbocycles. The van der Waals surface area contributed by atoms with E-state index in [2.05, 4.69) is 6.92 Å². The zero-order valence-corrected chi connectivity index (χ0v) is 7.83. The Morgan fingerprint density at radius 2 is 2.23 bits per heavy atom. The average Bonchev–Trinajstić information content (AvgIpc) is 2.43. The van der Waals surface area contributed by atoms with Crippen molar-refractivity contribution in [3.63, 3.8) is 0 Å². The average molecular weight is 176 g/mol. The van der Waals surface area contributed by atoms with Gasteiger partial charge >= 0.3 is 0 Å². The number of hydrogen-bond donors (Lipinski definition) is 0. The fourth-order valence-electron chi connectivity index (χ4n) is 1.65. The molecule has 0 spiro atoms. The Kier molecular flexibility index (Phi) is 1.83. The Bertz CT molecular complexity index is 355. The quantitative estimate of drug-likeness (QED) is 0.655. The molecule has 0 amide bonds. The molecule has 13 heavy (non-hydrogen) atoms. The van der Waals surface area contributed by atoms with Gasteiger partial charge in [0.25, 0.3) is 0 Å². The first-order valence-electron chi connectivity index (χ1n) is 4.56. The van der Waals surface area contributed by atoms with Gasteiger partial charge in [0.05, 0.1) is 5.56 Å². The lowest BCUT2D eigenvalue weighted by Gasteiger charge is -2.05. The van der Waals surface area contributed by atoms with E-state index in [4.69, 9.17) is 4.74 Å². The zero-order chi connectivity index (χ0) is 9.42. The summed E-state index contributed by atoms with van der Waals surface area (Å²) in [6.45, 7) is 3.86. The van der Waals surface area contributed by atoms with Crippen LogP contribution in [0.3, 0.4) is 0 Å². The number of Topliss-reactive ketones (excluding diaryl/α,β-unsaturated/α-hetero) is 1. The molecule has 0 fully saturated rings. The summed E-state index contributed by atoms with van der Waals surface area (Å²) in [5, 5.41) is 0. The second-order valence-electron chi connectivity index (χ2n) is 3.27. The molecule has 1 aliphatic heterocycles. The molecule has 0 N–H and O–H groups in total. The van der Waals surface area contributed by atoms with Crippen molar-refractivity contribution < 1.29 is 9.53 Å². The van der Waals surface area contributed by atoms with Gasteiger partial charge in [0.15, 0.2) is 6.10 Å². The fraction of sp³-hybridized carbons (Fsp3) is 0.364. The smallest absolute Gasteiger partial charge is 0.206 e. The van der Waals surface area contributed by atoms with Crippen LogP contribution in [0.4, 0.5) is 0 Å². The molecule has 1 aromatic carbocycles. The van der Waals surface area contributed by atoms with Crippen LogP contribution in [0.5, 0.6) is 5.75 Å². The number of rotatable bonds is 1. The van der Waals surface area contributed by atoms with Crippen molar-refractivity contribution in [3.8, 4) is 5.75 Å². The Hall–Kier alpha value is -1.31. The van der Waals surface area contributed by atoms with Gasteiger partial charge < -0.3 is 4.74 Å². The van der Waals surface area contributed by atoms with Gasteiger partial charge in [-0.1, -0.05) is 19.1 Å². The van der Waals surface area contributed by atoms with Gasteiger partial charge in [-0.3, -0.25) is 4.79 Å². The normalized spacial score (nSPS) is 19.8. The number of carbonyl (C=O) groups is 1. The predicted octanol–water partition coefficient (Wildman–Crippen LogP) is 2.21. The van der Waals surface area contributed by atoms with E-state index in [-0.39, 0.29) is 11.9 Å². The van der Waals surface area contributed by atoms with Crippen LogP contribution in [-0.2, 0) is 6.42 Å². The number of carbonyl (C=O) groups excluding carboxylic acids is 1. The van der Waals surface area contributed by atoms with Gasteiger partial charge in [-0.05, 0) is 25.0 Å². The molecule has 2 rings (SSSR count). The molecule has 1 heterocycles. The molecule has 1 atom stereocenters. The van der Waals surface area contributed by atoms with Crippen molar-refractivity contribution in [2.24, 2.45) is 0 Å². The lowest BCUT2D eigenvalue weighted by molar-refractivity contribution is 0.0878. The van der Waals surface area contributed by atoms with Crippen LogP contribution in [-0.4, -0.2) is 11.9 Å². The number of aryl methyl sites for hydroxylation is 1. The van der Waals surface area contributed by atoms with E-state index >= 15 is 0 Å². The SMILES string of the molecule is CCc1cccc2c1OC(C)C2=O. The first-order chi connectivity index (χ1) is 6.24. The molecule has 0 saturated heterocycles. The van der Waals surface area contributed by atoms with Crippen molar-refractivity contribution in [2.45, 2.75) is 26.4 Å². The van der Waals surface area contributed by atoms with Crippen molar-refractivity contribution in [1.82, 2.24) is 0 Å². The third-order valence-corrected chi connectivity index (χ3v) is 2.41. The molecule has 0 aromatic heterocycles. The highest BCUT2D eigenvalue weighted by Crippen LogP contribution is 2.32. The maximum absolute atomic E-state index is 11.5. The minimum atomic E-state index is -0.303. The molecule has 0 bridgehead atoms. The monoisotopic (exact) mass is 176 g/mol. The van der Waals surface area contributed by atoms with E-state index in [1.54, 1.807) is 6.92 Å². The standard InChI is InChI=1S/C11H12O2/c1-3-8-5-4-6-9-10(12)7(2)13-11(8)9/h4-7H,3H2,1-2H3. The summed E-state index contributed by atoms with van der Waals surface area (Å²) in [4.78, 5) is 11.5. The zero-order valence-electron chi connectivity index (χ0n) is 7.83. The van der Waals surface area contributed by atoms with Crippen molar-refractivity contribution in [1.29, 1.82) is 0 Å². The summed E-state index contributed by atoms with van der Waals surface area (Å²) in [6, 6.07) is 5.75. The minimum Gasteiger partial charge on any atom is -0.482 e. The fourth-order valence-corrected chi connectivity index (χ4v) is 1.65. The number of ketones is 1. The Morgan fingerprint density at radius 1 is 1.46 bits per heavy atom. The van der Waals surface area contributed by atoms with Gasteiger partial charge in [-0.2, -0.15) is 0 Å². The van der Waals surface area contributed by atoms with Gasteiger partial charge in [0.1, 0.15) is 5.75 Å². The van der Waals surface area contributed by atoms with Gasteiger partial charge in [0.2, 0.25) is 5.78 Å². The molecule has 2 nitrogen and oxygen atoms in total. The molecular formula is C11H12O2. The van der Waals surface area contributed by atoms with Crippen molar-refractivity contribution in [2.75, 3.05) is 0 Å². The summed E-state index contributed by atoms with van der Waals surface area (Å²) in [6.07, 6.45) is 0.603. The topological polar surface area (TPSA) is 26.3 Å². The summed E-state index contributed by atoms with van der Waals surface area (Å²) >= 11 is 0. The lowest BCUT2D eigenvalue weighted by atomic mass is 10.0. The van der Waals surface area contributed by atoms with E-state index in [1.807, 2.05) is 18.2 Å². The number of hydrogen-bond acceptors (Lipinski definition) is 2. The van der Waals surface area contributed by atoms with Crippen LogP contribution in [0.2, 0.25) is 0 Å². The minimum absolute atomic E-state index is 0.102. The molecule has 0 radical (unpaired) electrons. The highest BCUT2D eigenvalue weighted by Gasteiger charge is 2.29. The Labute approximate surface area is 77.5 Å². The highest BCUT2D eigenvalue weighted by atomic mass is 16.5. The molecule has 1 aromatic rings. The summed E-state index contributed by atoms with van der Waals surface area (Å²) in [7, 11) is 0. The van der Waals surface area contributed by atoms with E-state index in [0.29, 0.717) is 0 Å². The first-order valence-corrected chi connectivity index (χ1v) is 4.56. The van der Waals surface area contributed by atoms with Gasteiger partial charge in [0, 0.05) is 0 Å². The summed E-state index contributed by atoms with van der Waals surface area (Å²) in [5.74, 6) is 0.896. The maximum atomic E-state index is 11.5. The van der Waals surface area contributed by atoms with Gasteiger partial charge in [-0.25, -0.2) is 0 Å². The molecular weight excluding hydrogens is 164 g/mol. The maximum Gasteiger partial charge on any atom is 0.206 e. The third kappa shape index (κ3) is 1.13. The molecule has 68 valence electrons. The van der Waals surface area contributed by atoms with Crippen LogP contribution in [0.25, 0.3) is 0 Å². The van der Waals surface area contributed by atoms with Crippen LogP contribution in [0, 0.1) is 0 Å². The van der Waals surface area contributed by atoms with Crippen LogP contribution >= 0.6 is 0 Å².